The maximum atomic E-state index is 5.22. The minimum Gasteiger partial charge on any atom is -0.383 e. The molecular formula is C11H20N4O. The number of aromatic nitrogens is 3. The standard InChI is InChI=1S/C11H20N4O/c1-15-11(13-8-14-15)5-6-12-10(7-16-2)9-3-4-9/h8-10,12H,3-7H2,1-2H3. The molecule has 5 nitrogen and oxygen atoms in total. The lowest BCUT2D eigenvalue weighted by molar-refractivity contribution is 0.158. The van der Waals surface area contributed by atoms with Crippen LogP contribution in [0.4, 0.5) is 0 Å². The zero-order chi connectivity index (χ0) is 11.4. The zero-order valence-electron chi connectivity index (χ0n) is 10.0. The first-order chi connectivity index (χ1) is 7.81. The van der Waals surface area contributed by atoms with Gasteiger partial charge in [0.05, 0.1) is 6.61 Å². The van der Waals surface area contributed by atoms with Crippen LogP contribution in [0.15, 0.2) is 6.33 Å². The van der Waals surface area contributed by atoms with Crippen molar-refractivity contribution in [3.8, 4) is 0 Å². The summed E-state index contributed by atoms with van der Waals surface area (Å²) in [6.07, 6.45) is 5.20. The fourth-order valence-corrected chi connectivity index (χ4v) is 1.96. The summed E-state index contributed by atoms with van der Waals surface area (Å²) in [4.78, 5) is 4.20. The molecule has 16 heavy (non-hydrogen) atoms. The molecule has 1 aliphatic rings. The molecule has 0 saturated heterocycles. The first-order valence-corrected chi connectivity index (χ1v) is 5.86. The van der Waals surface area contributed by atoms with Crippen LogP contribution < -0.4 is 5.32 Å². The molecule has 0 bridgehead atoms. The summed E-state index contributed by atoms with van der Waals surface area (Å²) >= 11 is 0. The molecule has 1 aromatic heterocycles. The van der Waals surface area contributed by atoms with Crippen LogP contribution in [0, 0.1) is 5.92 Å². The number of ether oxygens (including phenoxy) is 1. The molecule has 1 aromatic rings. The van der Waals surface area contributed by atoms with Crippen molar-refractivity contribution >= 4 is 0 Å². The number of hydrogen-bond donors (Lipinski definition) is 1. The van der Waals surface area contributed by atoms with E-state index in [-0.39, 0.29) is 0 Å². The van der Waals surface area contributed by atoms with E-state index < -0.39 is 0 Å². The molecule has 1 unspecified atom stereocenters. The van der Waals surface area contributed by atoms with E-state index in [1.165, 1.54) is 12.8 Å². The van der Waals surface area contributed by atoms with Gasteiger partial charge in [-0.3, -0.25) is 4.68 Å². The van der Waals surface area contributed by atoms with Gasteiger partial charge in [0.2, 0.25) is 0 Å². The number of rotatable bonds is 7. The molecule has 0 radical (unpaired) electrons. The molecule has 1 saturated carbocycles. The predicted molar refractivity (Wildman–Crippen MR) is 61.1 cm³/mol. The predicted octanol–water partition coefficient (Wildman–Crippen LogP) is 0.372. The van der Waals surface area contributed by atoms with Gasteiger partial charge < -0.3 is 10.1 Å². The zero-order valence-corrected chi connectivity index (χ0v) is 10.0. The van der Waals surface area contributed by atoms with Crippen LogP contribution in [-0.2, 0) is 18.2 Å². The van der Waals surface area contributed by atoms with Crippen LogP contribution in [0.5, 0.6) is 0 Å². The molecule has 1 heterocycles. The van der Waals surface area contributed by atoms with Crippen LogP contribution >= 0.6 is 0 Å². The van der Waals surface area contributed by atoms with Gasteiger partial charge in [0, 0.05) is 33.2 Å². The lowest BCUT2D eigenvalue weighted by Crippen LogP contribution is -2.36. The van der Waals surface area contributed by atoms with Gasteiger partial charge in [-0.25, -0.2) is 4.98 Å². The van der Waals surface area contributed by atoms with Gasteiger partial charge in [-0.15, -0.1) is 0 Å². The van der Waals surface area contributed by atoms with Gasteiger partial charge in [0.25, 0.3) is 0 Å². The maximum absolute atomic E-state index is 5.22. The third kappa shape index (κ3) is 3.02. The molecule has 5 heteroatoms. The van der Waals surface area contributed by atoms with Crippen LogP contribution in [-0.4, -0.2) is 41.1 Å². The van der Waals surface area contributed by atoms with Crippen molar-refractivity contribution in [2.75, 3.05) is 20.3 Å². The van der Waals surface area contributed by atoms with Gasteiger partial charge in [0.1, 0.15) is 12.2 Å². The molecule has 90 valence electrons. The Kier molecular flexibility index (Phi) is 3.90. The van der Waals surface area contributed by atoms with Crippen molar-refractivity contribution in [3.63, 3.8) is 0 Å². The second kappa shape index (κ2) is 5.41. The van der Waals surface area contributed by atoms with Crippen molar-refractivity contribution in [1.82, 2.24) is 20.1 Å². The largest absolute Gasteiger partial charge is 0.383 e. The highest BCUT2D eigenvalue weighted by Crippen LogP contribution is 2.32. The van der Waals surface area contributed by atoms with Crippen molar-refractivity contribution in [2.24, 2.45) is 13.0 Å². The Morgan fingerprint density at radius 3 is 3.00 bits per heavy atom. The Labute approximate surface area is 96.2 Å². The quantitative estimate of drug-likeness (QED) is 0.727. The fourth-order valence-electron chi connectivity index (χ4n) is 1.96. The molecule has 2 rings (SSSR count). The minimum atomic E-state index is 0.512. The molecule has 0 spiro atoms. The molecule has 1 fully saturated rings. The van der Waals surface area contributed by atoms with Crippen molar-refractivity contribution in [1.29, 1.82) is 0 Å². The van der Waals surface area contributed by atoms with E-state index in [0.717, 1.165) is 31.3 Å². The van der Waals surface area contributed by atoms with Gasteiger partial charge in [-0.1, -0.05) is 0 Å². The Hall–Kier alpha value is -0.940. The summed E-state index contributed by atoms with van der Waals surface area (Å²) in [6, 6.07) is 0.512. The smallest absolute Gasteiger partial charge is 0.138 e. The van der Waals surface area contributed by atoms with Gasteiger partial charge in [0.15, 0.2) is 0 Å². The molecule has 1 N–H and O–H groups in total. The third-order valence-corrected chi connectivity index (χ3v) is 3.10. The minimum absolute atomic E-state index is 0.512. The highest BCUT2D eigenvalue weighted by Gasteiger charge is 2.30. The van der Waals surface area contributed by atoms with Crippen LogP contribution in [0.2, 0.25) is 0 Å². The maximum Gasteiger partial charge on any atom is 0.138 e. The summed E-state index contributed by atoms with van der Waals surface area (Å²) in [5.41, 5.74) is 0. The lowest BCUT2D eigenvalue weighted by atomic mass is 10.2. The van der Waals surface area contributed by atoms with E-state index in [2.05, 4.69) is 15.4 Å². The number of methoxy groups -OCH3 is 1. The Morgan fingerprint density at radius 1 is 1.62 bits per heavy atom. The van der Waals surface area contributed by atoms with Gasteiger partial charge in [-0.05, 0) is 18.8 Å². The second-order valence-electron chi connectivity index (χ2n) is 4.40. The summed E-state index contributed by atoms with van der Waals surface area (Å²) in [5.74, 6) is 1.85. The van der Waals surface area contributed by atoms with Crippen molar-refractivity contribution in [3.05, 3.63) is 12.2 Å². The lowest BCUT2D eigenvalue weighted by Gasteiger charge is -2.16. The second-order valence-corrected chi connectivity index (χ2v) is 4.40. The summed E-state index contributed by atoms with van der Waals surface area (Å²) < 4.78 is 7.04. The Bertz CT molecular complexity index is 322. The normalized spacial score (nSPS) is 17.6. The average molecular weight is 224 g/mol. The van der Waals surface area contributed by atoms with E-state index >= 15 is 0 Å². The number of nitrogens with one attached hydrogen (secondary N) is 1. The molecule has 0 aromatic carbocycles. The van der Waals surface area contributed by atoms with Crippen LogP contribution in [0.25, 0.3) is 0 Å². The van der Waals surface area contributed by atoms with Gasteiger partial charge in [-0.2, -0.15) is 5.10 Å². The number of hydrogen-bond acceptors (Lipinski definition) is 4. The van der Waals surface area contributed by atoms with Gasteiger partial charge >= 0.3 is 0 Å². The first-order valence-electron chi connectivity index (χ1n) is 5.86. The molecule has 0 amide bonds. The summed E-state index contributed by atoms with van der Waals surface area (Å²) in [7, 11) is 3.69. The van der Waals surface area contributed by atoms with E-state index in [9.17, 15) is 0 Å². The SMILES string of the molecule is COCC(NCCc1ncnn1C)C1CC1. The van der Waals surface area contributed by atoms with Crippen molar-refractivity contribution in [2.45, 2.75) is 25.3 Å². The highest BCUT2D eigenvalue weighted by atomic mass is 16.5. The first kappa shape index (κ1) is 11.5. The summed E-state index contributed by atoms with van der Waals surface area (Å²) in [5, 5.41) is 7.59. The molecule has 1 atom stereocenters. The van der Waals surface area contributed by atoms with E-state index in [1.807, 2.05) is 11.7 Å². The molecular weight excluding hydrogens is 204 g/mol. The monoisotopic (exact) mass is 224 g/mol. The van der Waals surface area contributed by atoms with Crippen LogP contribution in [0.3, 0.4) is 0 Å². The summed E-state index contributed by atoms with van der Waals surface area (Å²) in [6.45, 7) is 1.75. The van der Waals surface area contributed by atoms with E-state index in [4.69, 9.17) is 4.74 Å². The Morgan fingerprint density at radius 2 is 2.44 bits per heavy atom. The Balaban J connectivity index is 1.71. The van der Waals surface area contributed by atoms with Crippen LogP contribution in [0.1, 0.15) is 18.7 Å². The fraction of sp³-hybridized carbons (Fsp3) is 0.818. The molecule has 1 aliphatic carbocycles. The van der Waals surface area contributed by atoms with E-state index in [0.29, 0.717) is 6.04 Å². The third-order valence-electron chi connectivity index (χ3n) is 3.10. The number of aryl methyl sites for hydroxylation is 1. The number of nitrogens with zero attached hydrogens (tertiary/aromatic N) is 3. The average Bonchev–Trinajstić information content (AvgIpc) is 3.03. The van der Waals surface area contributed by atoms with E-state index in [1.54, 1.807) is 13.4 Å². The topological polar surface area (TPSA) is 52.0 Å². The molecule has 0 aliphatic heterocycles. The highest BCUT2D eigenvalue weighted by molar-refractivity contribution is 4.89. The van der Waals surface area contributed by atoms with Crippen molar-refractivity contribution < 1.29 is 4.74 Å².